The minimum Gasteiger partial charge on any atom is -0.366 e. The first kappa shape index (κ1) is 23.4. The first-order chi connectivity index (χ1) is 16.3. The number of hydrogen-bond acceptors (Lipinski definition) is 7. The summed E-state index contributed by atoms with van der Waals surface area (Å²) < 4.78 is 5.58. The molecule has 0 aromatic carbocycles. The van der Waals surface area contributed by atoms with Gasteiger partial charge in [-0.3, -0.25) is 14.4 Å². The van der Waals surface area contributed by atoms with Crippen LogP contribution in [0, 0.1) is 12.8 Å². The van der Waals surface area contributed by atoms with Gasteiger partial charge in [-0.05, 0) is 37.3 Å². The van der Waals surface area contributed by atoms with E-state index in [9.17, 15) is 14.4 Å². The number of ether oxygens (including phenoxy) is 1. The Morgan fingerprint density at radius 3 is 2.62 bits per heavy atom. The highest BCUT2D eigenvalue weighted by Gasteiger charge is 2.53. The summed E-state index contributed by atoms with van der Waals surface area (Å²) >= 11 is 7.73. The third kappa shape index (κ3) is 4.14. The minimum atomic E-state index is -0.665. The van der Waals surface area contributed by atoms with E-state index in [1.165, 1.54) is 11.3 Å². The topological polar surface area (TPSA) is 115 Å². The number of carbonyl (C=O) groups excluding carboxylic acids is 3. The summed E-state index contributed by atoms with van der Waals surface area (Å²) in [4.78, 5) is 50.5. The van der Waals surface area contributed by atoms with Crippen molar-refractivity contribution < 1.29 is 19.1 Å². The summed E-state index contributed by atoms with van der Waals surface area (Å²) in [7, 11) is 0. The number of ketones is 1. The molecule has 0 spiro atoms. The Kier molecular flexibility index (Phi) is 6.43. The van der Waals surface area contributed by atoms with Crippen molar-refractivity contribution in [3.05, 3.63) is 34.7 Å². The summed E-state index contributed by atoms with van der Waals surface area (Å²) in [5.41, 5.74) is 7.20. The van der Waals surface area contributed by atoms with Crippen LogP contribution < -0.4 is 5.73 Å². The molecule has 4 atom stereocenters. The summed E-state index contributed by atoms with van der Waals surface area (Å²) in [6.45, 7) is 2.02. The molecule has 2 aliphatic heterocycles. The number of thiophene rings is 1. The maximum atomic E-state index is 14.1. The number of carbonyl (C=O) groups is 3. The number of nitrogens with two attached hydrogens (primary N) is 1. The Hall–Kier alpha value is -2.36. The van der Waals surface area contributed by atoms with Gasteiger partial charge in [-0.15, -0.1) is 22.9 Å². The minimum absolute atomic E-state index is 0.0288. The van der Waals surface area contributed by atoms with Crippen molar-refractivity contribution in [1.82, 2.24) is 14.9 Å². The molecule has 2 aromatic heterocycles. The van der Waals surface area contributed by atoms with Crippen LogP contribution in [0.25, 0.3) is 10.4 Å². The molecule has 1 saturated carbocycles. The Morgan fingerprint density at radius 1 is 1.24 bits per heavy atom. The van der Waals surface area contributed by atoms with Gasteiger partial charge in [0.25, 0.3) is 5.91 Å². The second kappa shape index (κ2) is 9.36. The predicted octanol–water partition coefficient (Wildman–Crippen LogP) is 3.06. The fraction of sp³-hybridized carbons (Fsp3) is 0.542. The Labute approximate surface area is 206 Å². The van der Waals surface area contributed by atoms with Crippen molar-refractivity contribution >= 4 is 40.5 Å². The lowest BCUT2D eigenvalue weighted by Crippen LogP contribution is -2.46. The fourth-order valence-electron chi connectivity index (χ4n) is 5.55. The Balaban J connectivity index is 1.57. The number of aryl methyl sites for hydroxylation is 1. The van der Waals surface area contributed by atoms with E-state index in [4.69, 9.17) is 22.1 Å². The summed E-state index contributed by atoms with van der Waals surface area (Å²) in [5.74, 6) is -0.731. The maximum absolute atomic E-state index is 14.1. The van der Waals surface area contributed by atoms with Crippen LogP contribution in [0.2, 0.25) is 0 Å². The van der Waals surface area contributed by atoms with E-state index in [-0.39, 0.29) is 30.8 Å². The molecule has 2 saturated heterocycles. The van der Waals surface area contributed by atoms with Gasteiger partial charge in [0, 0.05) is 29.4 Å². The SMILES string of the molecule is Cc1ncc(-c2cc([C@@H](C(=O)N3C[C@H](Cl)[C@H]4OCC(=O)[C@H]43)C3CCCCC3)c(C(N)=O)s2)cn1. The molecule has 0 bridgehead atoms. The lowest BCUT2D eigenvalue weighted by Gasteiger charge is -2.34. The molecular weight excluding hydrogens is 476 g/mol. The molecule has 10 heteroatoms. The second-order valence-corrected chi connectivity index (χ2v) is 11.0. The van der Waals surface area contributed by atoms with E-state index in [1.807, 2.05) is 6.07 Å². The summed E-state index contributed by atoms with van der Waals surface area (Å²) in [5, 5.41) is -0.439. The smallest absolute Gasteiger partial charge is 0.259 e. The molecule has 2 amide bonds. The molecule has 2 aromatic rings. The average Bonchev–Trinajstić information content (AvgIpc) is 3.52. The number of Topliss-reactive ketones (excluding diaryl/α,β-unsaturated/α-hetero) is 1. The molecule has 3 aliphatic rings. The number of alkyl halides is 1. The number of aromatic nitrogens is 2. The lowest BCUT2D eigenvalue weighted by molar-refractivity contribution is -0.139. The van der Waals surface area contributed by atoms with Gasteiger partial charge in [-0.2, -0.15) is 0 Å². The first-order valence-corrected chi connectivity index (χ1v) is 12.9. The van der Waals surface area contributed by atoms with Crippen LogP contribution in [-0.4, -0.2) is 63.1 Å². The Morgan fingerprint density at radius 2 is 1.94 bits per heavy atom. The third-order valence-electron chi connectivity index (χ3n) is 7.18. The van der Waals surface area contributed by atoms with Gasteiger partial charge in [0.15, 0.2) is 5.78 Å². The number of amides is 2. The fourth-order valence-corrected chi connectivity index (χ4v) is 6.94. The van der Waals surface area contributed by atoms with Gasteiger partial charge in [-0.1, -0.05) is 19.3 Å². The number of nitrogens with zero attached hydrogens (tertiary/aromatic N) is 3. The van der Waals surface area contributed by atoms with Crippen LogP contribution in [0.3, 0.4) is 0 Å². The molecule has 5 rings (SSSR count). The standard InChI is InChI=1S/C24H27ClN4O4S/c1-12-27-8-14(9-28-12)18-7-15(22(34-18)23(26)31)19(13-5-3-2-4-6-13)24(32)29-10-16(25)21-20(29)17(30)11-33-21/h7-9,13,16,19-21H,2-6,10-11H2,1H3,(H2,26,31)/t16-,19-,20+,21+/m0/s1. The molecule has 3 fully saturated rings. The lowest BCUT2D eigenvalue weighted by atomic mass is 9.75. The molecule has 34 heavy (non-hydrogen) atoms. The van der Waals surface area contributed by atoms with Crippen LogP contribution in [0.5, 0.6) is 0 Å². The molecular formula is C24H27ClN4O4S. The molecule has 2 N–H and O–H groups in total. The molecule has 180 valence electrons. The van der Waals surface area contributed by atoms with Gasteiger partial charge in [0.05, 0.1) is 16.2 Å². The van der Waals surface area contributed by atoms with E-state index >= 15 is 0 Å². The second-order valence-electron chi connectivity index (χ2n) is 9.35. The van der Waals surface area contributed by atoms with Crippen molar-refractivity contribution in [2.24, 2.45) is 11.7 Å². The van der Waals surface area contributed by atoms with E-state index in [0.29, 0.717) is 16.3 Å². The Bertz CT molecular complexity index is 1110. The molecule has 8 nitrogen and oxygen atoms in total. The molecule has 0 radical (unpaired) electrons. The van der Waals surface area contributed by atoms with Crippen LogP contribution >= 0.6 is 22.9 Å². The normalized spacial score (nSPS) is 26.0. The summed E-state index contributed by atoms with van der Waals surface area (Å²) in [6.07, 6.45) is 7.86. The monoisotopic (exact) mass is 502 g/mol. The highest BCUT2D eigenvalue weighted by Crippen LogP contribution is 2.44. The van der Waals surface area contributed by atoms with Crippen LogP contribution in [0.1, 0.15) is 59.1 Å². The van der Waals surface area contributed by atoms with Gasteiger partial charge in [0.1, 0.15) is 24.6 Å². The van der Waals surface area contributed by atoms with E-state index in [2.05, 4.69) is 9.97 Å². The predicted molar refractivity (Wildman–Crippen MR) is 128 cm³/mol. The number of halogens is 1. The van der Waals surface area contributed by atoms with Crippen molar-refractivity contribution in [1.29, 1.82) is 0 Å². The zero-order valence-electron chi connectivity index (χ0n) is 18.9. The van der Waals surface area contributed by atoms with Gasteiger partial charge >= 0.3 is 0 Å². The first-order valence-electron chi connectivity index (χ1n) is 11.7. The van der Waals surface area contributed by atoms with Gasteiger partial charge in [0.2, 0.25) is 5.91 Å². The quantitative estimate of drug-likeness (QED) is 0.628. The zero-order valence-corrected chi connectivity index (χ0v) is 20.5. The average molecular weight is 503 g/mol. The van der Waals surface area contributed by atoms with Crippen molar-refractivity contribution in [2.75, 3.05) is 13.2 Å². The molecule has 4 heterocycles. The van der Waals surface area contributed by atoms with E-state index in [1.54, 1.807) is 24.2 Å². The van der Waals surface area contributed by atoms with Crippen LogP contribution in [0.15, 0.2) is 18.5 Å². The van der Waals surface area contributed by atoms with Crippen LogP contribution in [0.4, 0.5) is 0 Å². The zero-order chi connectivity index (χ0) is 24.0. The number of fused-ring (bicyclic) bond motifs is 1. The largest absolute Gasteiger partial charge is 0.366 e. The highest BCUT2D eigenvalue weighted by atomic mass is 35.5. The third-order valence-corrected chi connectivity index (χ3v) is 8.78. The van der Waals surface area contributed by atoms with E-state index < -0.39 is 29.3 Å². The number of rotatable bonds is 5. The molecule has 0 unspecified atom stereocenters. The van der Waals surface area contributed by atoms with Gasteiger partial charge in [-0.25, -0.2) is 9.97 Å². The van der Waals surface area contributed by atoms with E-state index in [0.717, 1.165) is 42.5 Å². The summed E-state index contributed by atoms with van der Waals surface area (Å²) in [6, 6.07) is 1.22. The number of likely N-dealkylation sites (tertiary alicyclic amines) is 1. The highest BCUT2D eigenvalue weighted by molar-refractivity contribution is 7.17. The number of hydrogen-bond donors (Lipinski definition) is 1. The molecule has 1 aliphatic carbocycles. The van der Waals surface area contributed by atoms with Crippen LogP contribution in [-0.2, 0) is 14.3 Å². The van der Waals surface area contributed by atoms with Crippen molar-refractivity contribution in [3.63, 3.8) is 0 Å². The van der Waals surface area contributed by atoms with Crippen molar-refractivity contribution in [3.8, 4) is 10.4 Å². The van der Waals surface area contributed by atoms with Gasteiger partial charge < -0.3 is 15.4 Å². The number of primary amides is 1. The maximum Gasteiger partial charge on any atom is 0.259 e. The van der Waals surface area contributed by atoms with Crippen molar-refractivity contribution in [2.45, 2.75) is 62.5 Å².